The van der Waals surface area contributed by atoms with Crippen LogP contribution in [0.4, 0.5) is 0 Å². The highest BCUT2D eigenvalue weighted by Gasteiger charge is 2.28. The molecule has 0 amide bonds. The van der Waals surface area contributed by atoms with Gasteiger partial charge in [0, 0.05) is 24.9 Å². The Morgan fingerprint density at radius 2 is 2.00 bits per heavy atom. The number of rotatable bonds is 3. The molecule has 3 heterocycles. The maximum Gasteiger partial charge on any atom is 0.177 e. The first kappa shape index (κ1) is 19.7. The molecule has 0 N–H and O–H groups in total. The maximum absolute atomic E-state index is 9.95. The number of thioether (sulfide) groups is 1. The van der Waals surface area contributed by atoms with Crippen LogP contribution in [-0.2, 0) is 13.0 Å². The summed E-state index contributed by atoms with van der Waals surface area (Å²) in [5, 5.41) is 21.8. The van der Waals surface area contributed by atoms with Crippen LogP contribution in [0, 0.1) is 11.3 Å². The lowest BCUT2D eigenvalue weighted by molar-refractivity contribution is 0.556. The second kappa shape index (κ2) is 8.77. The third kappa shape index (κ3) is 3.69. The minimum atomic E-state index is 0. The van der Waals surface area contributed by atoms with Gasteiger partial charge >= 0.3 is 0 Å². The van der Waals surface area contributed by atoms with Crippen molar-refractivity contribution in [1.29, 1.82) is 5.26 Å². The molecule has 2 aliphatic rings. The van der Waals surface area contributed by atoms with E-state index in [4.69, 9.17) is 0 Å². The van der Waals surface area contributed by atoms with E-state index in [-0.39, 0.29) is 17.0 Å². The first-order valence-electron chi connectivity index (χ1n) is 9.10. The largest absolute Gasteiger partial charge is 0.334 e. The summed E-state index contributed by atoms with van der Waals surface area (Å²) in [6.45, 7) is 3.81. The van der Waals surface area contributed by atoms with E-state index in [1.54, 1.807) is 11.8 Å². The quantitative estimate of drug-likeness (QED) is 0.634. The second-order valence-corrected chi connectivity index (χ2v) is 7.28. The molecule has 0 spiro atoms. The normalized spacial score (nSPS) is 18.1. The number of nitrogens with zero attached hydrogens (tertiary/aromatic N) is 5. The average molecular weight is 444 g/mol. The number of fused-ring (bicyclic) bond motifs is 1. The Kier molecular flexibility index (Phi) is 6.40. The van der Waals surface area contributed by atoms with Crippen LogP contribution < -0.4 is 0 Å². The van der Waals surface area contributed by atoms with E-state index in [0.29, 0.717) is 11.4 Å². The second-order valence-electron chi connectivity index (χ2n) is 6.43. The molecule has 0 saturated carbocycles. The molecule has 0 aliphatic carbocycles. The first-order valence-corrected chi connectivity index (χ1v) is 9.98. The predicted molar refractivity (Wildman–Crippen MR) is 115 cm³/mol. The van der Waals surface area contributed by atoms with Crippen LogP contribution in [0.3, 0.4) is 0 Å². The molecule has 5 nitrogen and oxygen atoms in total. The maximum atomic E-state index is 9.95. The Balaban J connectivity index is 0.00000210. The van der Waals surface area contributed by atoms with Gasteiger partial charge in [0.25, 0.3) is 0 Å². The number of nitriles is 1. The van der Waals surface area contributed by atoms with Crippen molar-refractivity contribution in [1.82, 2.24) is 19.7 Å². The summed E-state index contributed by atoms with van der Waals surface area (Å²) in [6, 6.07) is 12.7. The average Bonchev–Trinajstić information content (AvgIpc) is 3.21. The molecule has 7 heteroatoms. The number of aromatic nitrogens is 3. The fourth-order valence-electron chi connectivity index (χ4n) is 3.55. The fourth-order valence-corrected chi connectivity index (χ4v) is 4.65. The summed E-state index contributed by atoms with van der Waals surface area (Å²) >= 11 is 1.60. The molecule has 4 rings (SSSR count). The van der Waals surface area contributed by atoms with Crippen molar-refractivity contribution in [3.8, 4) is 6.07 Å². The third-order valence-electron chi connectivity index (χ3n) is 4.86. The Morgan fingerprint density at radius 1 is 1.19 bits per heavy atom. The van der Waals surface area contributed by atoms with E-state index in [0.717, 1.165) is 54.5 Å². The Morgan fingerprint density at radius 3 is 2.74 bits per heavy atom. The lowest BCUT2D eigenvalue weighted by Gasteiger charge is -2.22. The lowest BCUT2D eigenvalue weighted by Crippen LogP contribution is -2.18. The summed E-state index contributed by atoms with van der Waals surface area (Å²) < 4.78 is 2.15. The van der Waals surface area contributed by atoms with E-state index < -0.39 is 0 Å². The molecule has 0 saturated heterocycles. The summed E-state index contributed by atoms with van der Waals surface area (Å²) in [5.41, 5.74) is 2.92. The smallest absolute Gasteiger partial charge is 0.177 e. The molecule has 0 radical (unpaired) electrons. The molecule has 140 valence electrons. The minimum absolute atomic E-state index is 0. The molecule has 0 bridgehead atoms. The van der Waals surface area contributed by atoms with Crippen LogP contribution in [0.5, 0.6) is 0 Å². The number of aryl methyl sites for hydroxylation is 1. The van der Waals surface area contributed by atoms with Crippen molar-refractivity contribution in [3.05, 3.63) is 58.0 Å². The Labute approximate surface area is 174 Å². The van der Waals surface area contributed by atoms with Gasteiger partial charge in [0.15, 0.2) is 5.82 Å². The van der Waals surface area contributed by atoms with Crippen LogP contribution >= 0.6 is 28.7 Å². The zero-order valence-corrected chi connectivity index (χ0v) is 17.8. The molecule has 0 fully saturated rings. The van der Waals surface area contributed by atoms with Crippen molar-refractivity contribution < 1.29 is 0 Å². The van der Waals surface area contributed by atoms with Crippen molar-refractivity contribution in [2.45, 2.75) is 39.2 Å². The first-order chi connectivity index (χ1) is 12.8. The highest BCUT2D eigenvalue weighted by atomic mass is 79.9. The summed E-state index contributed by atoms with van der Waals surface area (Å²) in [4.78, 5) is 2.21. The van der Waals surface area contributed by atoms with Crippen molar-refractivity contribution in [2.75, 3.05) is 6.54 Å². The number of benzene rings is 1. The van der Waals surface area contributed by atoms with Crippen LogP contribution in [0.1, 0.15) is 43.4 Å². The van der Waals surface area contributed by atoms with Gasteiger partial charge < -0.3 is 9.47 Å². The van der Waals surface area contributed by atoms with Crippen molar-refractivity contribution in [3.63, 3.8) is 0 Å². The van der Waals surface area contributed by atoms with E-state index >= 15 is 0 Å². The zero-order valence-electron chi connectivity index (χ0n) is 15.3. The van der Waals surface area contributed by atoms with E-state index in [9.17, 15) is 5.26 Å². The monoisotopic (exact) mass is 443 g/mol. The predicted octanol–water partition coefficient (Wildman–Crippen LogP) is 4.84. The highest BCUT2D eigenvalue weighted by molar-refractivity contribution is 8.93. The molecule has 0 unspecified atom stereocenters. The minimum Gasteiger partial charge on any atom is -0.334 e. The number of halogens is 1. The van der Waals surface area contributed by atoms with E-state index in [1.807, 2.05) is 18.2 Å². The molecular formula is C20H22BrN5S. The summed E-state index contributed by atoms with van der Waals surface area (Å²) in [7, 11) is 0. The van der Waals surface area contributed by atoms with Gasteiger partial charge in [-0.15, -0.1) is 27.2 Å². The van der Waals surface area contributed by atoms with Crippen molar-refractivity contribution in [2.24, 2.45) is 0 Å². The Bertz CT molecular complexity index is 910. The lowest BCUT2D eigenvalue weighted by atomic mass is 10.1. The number of hydrogen-bond acceptors (Lipinski definition) is 5. The molecule has 1 aromatic carbocycles. The molecular weight excluding hydrogens is 422 g/mol. The summed E-state index contributed by atoms with van der Waals surface area (Å²) in [5.74, 6) is 1.72. The fraction of sp³-hybridized carbons (Fsp3) is 0.350. The van der Waals surface area contributed by atoms with E-state index in [1.165, 1.54) is 6.42 Å². The summed E-state index contributed by atoms with van der Waals surface area (Å²) in [6.07, 6.45) is 4.41. The molecule has 27 heavy (non-hydrogen) atoms. The van der Waals surface area contributed by atoms with Gasteiger partial charge in [-0.1, -0.05) is 48.5 Å². The molecule has 2 aromatic rings. The van der Waals surface area contributed by atoms with Gasteiger partial charge in [0.1, 0.15) is 22.5 Å². The molecule has 1 aromatic heterocycles. The van der Waals surface area contributed by atoms with E-state index in [2.05, 4.69) is 50.2 Å². The van der Waals surface area contributed by atoms with Gasteiger partial charge in [-0.25, -0.2) is 0 Å². The number of hydrogen-bond donors (Lipinski definition) is 0. The van der Waals surface area contributed by atoms with Crippen LogP contribution in [0.15, 0.2) is 40.8 Å². The van der Waals surface area contributed by atoms with Gasteiger partial charge in [-0.05, 0) is 25.3 Å². The van der Waals surface area contributed by atoms with Gasteiger partial charge in [0.05, 0.1) is 5.70 Å². The van der Waals surface area contributed by atoms with Crippen molar-refractivity contribution >= 4 is 40.0 Å². The van der Waals surface area contributed by atoms with Gasteiger partial charge in [-0.3, -0.25) is 0 Å². The third-order valence-corrected chi connectivity index (χ3v) is 5.85. The van der Waals surface area contributed by atoms with Crippen LogP contribution in [-0.4, -0.2) is 26.2 Å². The zero-order chi connectivity index (χ0) is 17.9. The Hall–Kier alpha value is -2.04. The SMILES string of the molecule is Br.CCN1C(c2ccccc2)=CSC1=C(C#N)c1nnc2n1CCCCC2. The van der Waals surface area contributed by atoms with Crippen LogP contribution in [0.25, 0.3) is 11.3 Å². The topological polar surface area (TPSA) is 57.7 Å². The van der Waals surface area contributed by atoms with Gasteiger partial charge in [0.2, 0.25) is 0 Å². The number of allylic oxidation sites excluding steroid dienone is 1. The molecule has 2 aliphatic heterocycles. The standard InChI is InChI=1S/C20H21N5S.BrH/c1-2-24-17(15-9-5-3-6-10-15)14-26-20(24)16(13-21)19-23-22-18-11-7-4-8-12-25(18)19;/h3,5-6,9-10,14H,2,4,7-8,11-12H2,1H3;1H. The van der Waals surface area contributed by atoms with Gasteiger partial charge in [-0.2, -0.15) is 5.26 Å². The highest BCUT2D eigenvalue weighted by Crippen LogP contribution is 2.42. The molecule has 0 atom stereocenters. The van der Waals surface area contributed by atoms with Crippen LogP contribution in [0.2, 0.25) is 0 Å².